The van der Waals surface area contributed by atoms with Gasteiger partial charge in [0.2, 0.25) is 0 Å². The Bertz CT molecular complexity index is 814. The summed E-state index contributed by atoms with van der Waals surface area (Å²) in [5.74, 6) is 0.215. The van der Waals surface area contributed by atoms with E-state index < -0.39 is 10.8 Å². The van der Waals surface area contributed by atoms with E-state index in [2.05, 4.69) is 10.3 Å². The second-order valence-corrected chi connectivity index (χ2v) is 6.49. The molecule has 0 aliphatic heterocycles. The van der Waals surface area contributed by atoms with Crippen molar-refractivity contribution >= 4 is 22.4 Å². The minimum atomic E-state index is -1.10. The minimum Gasteiger partial charge on any atom is -0.357 e. The van der Waals surface area contributed by atoms with Crippen LogP contribution in [0.25, 0.3) is 0 Å². The zero-order valence-electron chi connectivity index (χ0n) is 12.4. The molecule has 0 aliphatic carbocycles. The molecule has 0 saturated heterocycles. The first-order valence-corrected chi connectivity index (χ1v) is 8.51. The third-order valence-corrected chi connectivity index (χ3v) is 4.72. The van der Waals surface area contributed by atoms with E-state index in [9.17, 15) is 9.00 Å². The molecule has 0 radical (unpaired) electrons. The van der Waals surface area contributed by atoms with Gasteiger partial charge < -0.3 is 10.3 Å². The molecule has 23 heavy (non-hydrogen) atoms. The molecule has 0 fully saturated rings. The maximum atomic E-state index is 12.4. The maximum Gasteiger partial charge on any atom is 0.272 e. The number of H-pyrrole nitrogens is 1. The van der Waals surface area contributed by atoms with Crippen LogP contribution >= 0.6 is 0 Å². The van der Waals surface area contributed by atoms with Crippen molar-refractivity contribution in [3.05, 3.63) is 84.2 Å². The lowest BCUT2D eigenvalue weighted by Crippen LogP contribution is -2.12. The maximum absolute atomic E-state index is 12.4. The summed E-state index contributed by atoms with van der Waals surface area (Å²) in [5.41, 5.74) is 2.10. The first-order valence-electron chi connectivity index (χ1n) is 7.19. The molecule has 2 aromatic carbocycles. The quantitative estimate of drug-likeness (QED) is 0.753. The third-order valence-electron chi connectivity index (χ3n) is 3.33. The fourth-order valence-electron chi connectivity index (χ4n) is 2.22. The third kappa shape index (κ3) is 3.96. The van der Waals surface area contributed by atoms with E-state index in [-0.39, 0.29) is 5.91 Å². The Kier molecular flexibility index (Phi) is 4.68. The number of benzene rings is 2. The first kappa shape index (κ1) is 15.2. The number of amides is 1. The SMILES string of the molecule is O=C(Nc1cccc(C[S@@](=O)c2ccccc2)c1)c1ccc[nH]1. The number of anilines is 1. The van der Waals surface area contributed by atoms with Crippen molar-refractivity contribution in [1.82, 2.24) is 4.98 Å². The normalized spacial score (nSPS) is 11.8. The average Bonchev–Trinajstić information content (AvgIpc) is 3.10. The number of carbonyl (C=O) groups is 1. The number of aromatic nitrogens is 1. The van der Waals surface area contributed by atoms with E-state index in [0.29, 0.717) is 17.1 Å². The summed E-state index contributed by atoms with van der Waals surface area (Å²) < 4.78 is 12.4. The van der Waals surface area contributed by atoms with Crippen molar-refractivity contribution in [3.8, 4) is 0 Å². The van der Waals surface area contributed by atoms with Crippen molar-refractivity contribution in [2.45, 2.75) is 10.6 Å². The lowest BCUT2D eigenvalue weighted by atomic mass is 10.2. The molecule has 1 atom stereocenters. The molecule has 1 aromatic heterocycles. The van der Waals surface area contributed by atoms with Gasteiger partial charge in [-0.2, -0.15) is 0 Å². The van der Waals surface area contributed by atoms with E-state index in [1.165, 1.54) is 0 Å². The first-order chi connectivity index (χ1) is 11.2. The van der Waals surface area contributed by atoms with Crippen molar-refractivity contribution in [3.63, 3.8) is 0 Å². The summed E-state index contributed by atoms with van der Waals surface area (Å²) in [6.45, 7) is 0. The molecule has 1 heterocycles. The van der Waals surface area contributed by atoms with Gasteiger partial charge in [0.05, 0.1) is 16.6 Å². The van der Waals surface area contributed by atoms with Crippen LogP contribution in [0.2, 0.25) is 0 Å². The monoisotopic (exact) mass is 324 g/mol. The van der Waals surface area contributed by atoms with Gasteiger partial charge in [-0.05, 0) is 42.0 Å². The van der Waals surface area contributed by atoms with Gasteiger partial charge in [-0.3, -0.25) is 9.00 Å². The fraction of sp³-hybridized carbons (Fsp3) is 0.0556. The molecule has 0 spiro atoms. The number of hydrogen-bond acceptors (Lipinski definition) is 2. The van der Waals surface area contributed by atoms with E-state index in [1.54, 1.807) is 18.3 Å². The summed E-state index contributed by atoms with van der Waals surface area (Å²) in [5, 5.41) is 2.83. The Morgan fingerprint density at radius 3 is 2.57 bits per heavy atom. The minimum absolute atomic E-state index is 0.198. The van der Waals surface area contributed by atoms with E-state index in [4.69, 9.17) is 0 Å². The molecule has 116 valence electrons. The second-order valence-electron chi connectivity index (χ2n) is 5.04. The molecule has 0 bridgehead atoms. The fourth-order valence-corrected chi connectivity index (χ4v) is 3.33. The van der Waals surface area contributed by atoms with Gasteiger partial charge in [0.25, 0.3) is 5.91 Å². The highest BCUT2D eigenvalue weighted by Crippen LogP contribution is 2.16. The van der Waals surface area contributed by atoms with Crippen molar-refractivity contribution in [2.75, 3.05) is 5.32 Å². The van der Waals surface area contributed by atoms with Crippen LogP contribution in [0.4, 0.5) is 5.69 Å². The predicted octanol–water partition coefficient (Wildman–Crippen LogP) is 3.57. The van der Waals surface area contributed by atoms with E-state index in [1.807, 2.05) is 54.6 Å². The van der Waals surface area contributed by atoms with Crippen LogP contribution in [0.1, 0.15) is 16.1 Å². The summed E-state index contributed by atoms with van der Waals surface area (Å²) in [6.07, 6.45) is 1.70. The van der Waals surface area contributed by atoms with Gasteiger partial charge in [0.1, 0.15) is 5.69 Å². The zero-order valence-corrected chi connectivity index (χ0v) is 13.2. The van der Waals surface area contributed by atoms with Gasteiger partial charge in [0, 0.05) is 16.8 Å². The molecule has 2 N–H and O–H groups in total. The number of aromatic amines is 1. The molecule has 3 aromatic rings. The smallest absolute Gasteiger partial charge is 0.272 e. The molecular weight excluding hydrogens is 308 g/mol. The summed E-state index contributed by atoms with van der Waals surface area (Å²) in [7, 11) is -1.10. The zero-order chi connectivity index (χ0) is 16.1. The van der Waals surface area contributed by atoms with Crippen LogP contribution in [0, 0.1) is 0 Å². The van der Waals surface area contributed by atoms with Gasteiger partial charge >= 0.3 is 0 Å². The Morgan fingerprint density at radius 1 is 1.00 bits per heavy atom. The van der Waals surface area contributed by atoms with Crippen LogP contribution in [-0.4, -0.2) is 15.1 Å². The topological polar surface area (TPSA) is 62.0 Å². The summed E-state index contributed by atoms with van der Waals surface area (Å²) in [6, 6.07) is 20.3. The Hall–Kier alpha value is -2.66. The molecule has 0 saturated carbocycles. The van der Waals surface area contributed by atoms with E-state index in [0.717, 1.165) is 10.5 Å². The van der Waals surface area contributed by atoms with Gasteiger partial charge in [-0.25, -0.2) is 0 Å². The molecule has 3 rings (SSSR count). The number of carbonyl (C=O) groups excluding carboxylic acids is 1. The summed E-state index contributed by atoms with van der Waals surface area (Å²) in [4.78, 5) is 15.7. The standard InChI is InChI=1S/C18H16N2O2S/c21-18(17-10-5-11-19-17)20-15-7-4-6-14(12-15)13-23(22)16-8-2-1-3-9-16/h1-12,19H,13H2,(H,20,21)/t23-/m1/s1. The Balaban J connectivity index is 1.70. The Labute approximate surface area is 137 Å². The van der Waals surface area contributed by atoms with Crippen molar-refractivity contribution in [1.29, 1.82) is 0 Å². The van der Waals surface area contributed by atoms with Gasteiger partial charge in [-0.1, -0.05) is 30.3 Å². The highest BCUT2D eigenvalue weighted by atomic mass is 32.2. The number of hydrogen-bond donors (Lipinski definition) is 2. The van der Waals surface area contributed by atoms with Crippen LogP contribution in [0.5, 0.6) is 0 Å². The van der Waals surface area contributed by atoms with Gasteiger partial charge in [0.15, 0.2) is 0 Å². The molecule has 0 aliphatic rings. The Morgan fingerprint density at radius 2 is 1.83 bits per heavy atom. The van der Waals surface area contributed by atoms with Crippen LogP contribution in [0.3, 0.4) is 0 Å². The number of rotatable bonds is 5. The molecule has 5 heteroatoms. The van der Waals surface area contributed by atoms with Gasteiger partial charge in [-0.15, -0.1) is 0 Å². The van der Waals surface area contributed by atoms with Crippen LogP contribution in [0.15, 0.2) is 77.8 Å². The largest absolute Gasteiger partial charge is 0.357 e. The molecular formula is C18H16N2O2S. The summed E-state index contributed by atoms with van der Waals surface area (Å²) >= 11 is 0. The molecule has 1 amide bonds. The van der Waals surface area contributed by atoms with Crippen LogP contribution in [-0.2, 0) is 16.6 Å². The highest BCUT2D eigenvalue weighted by molar-refractivity contribution is 7.84. The molecule has 0 unspecified atom stereocenters. The highest BCUT2D eigenvalue weighted by Gasteiger charge is 2.08. The van der Waals surface area contributed by atoms with Crippen molar-refractivity contribution in [2.24, 2.45) is 0 Å². The molecule has 4 nitrogen and oxygen atoms in total. The average molecular weight is 324 g/mol. The predicted molar refractivity (Wildman–Crippen MR) is 91.7 cm³/mol. The van der Waals surface area contributed by atoms with Crippen LogP contribution < -0.4 is 5.32 Å². The lowest BCUT2D eigenvalue weighted by Gasteiger charge is -2.07. The lowest BCUT2D eigenvalue weighted by molar-refractivity contribution is 0.102. The second kappa shape index (κ2) is 7.07. The number of nitrogens with one attached hydrogen (secondary N) is 2. The van der Waals surface area contributed by atoms with E-state index >= 15 is 0 Å². The van der Waals surface area contributed by atoms with Crippen molar-refractivity contribution < 1.29 is 9.00 Å².